The van der Waals surface area contributed by atoms with E-state index in [4.69, 9.17) is 16.3 Å². The van der Waals surface area contributed by atoms with Crippen LogP contribution in [-0.4, -0.2) is 32.2 Å². The Morgan fingerprint density at radius 1 is 1.21 bits per heavy atom. The molecule has 2 atom stereocenters. The Morgan fingerprint density at radius 3 is 2.45 bits per heavy atom. The van der Waals surface area contributed by atoms with Crippen LogP contribution in [0, 0.1) is 6.92 Å². The van der Waals surface area contributed by atoms with E-state index >= 15 is 0 Å². The molecule has 2 aromatic carbocycles. The van der Waals surface area contributed by atoms with E-state index in [0.29, 0.717) is 23.6 Å². The molecule has 2 aromatic rings. The van der Waals surface area contributed by atoms with Crippen LogP contribution in [-0.2, 0) is 14.8 Å². The Morgan fingerprint density at radius 2 is 1.88 bits per heavy atom. The second kappa shape index (κ2) is 9.94. The summed E-state index contributed by atoms with van der Waals surface area (Å²) in [6.45, 7) is 7.81. The molecule has 0 saturated heterocycles. The van der Waals surface area contributed by atoms with E-state index in [0.717, 1.165) is 36.0 Å². The van der Waals surface area contributed by atoms with E-state index in [-0.39, 0.29) is 17.6 Å². The van der Waals surface area contributed by atoms with Crippen molar-refractivity contribution in [2.75, 3.05) is 10.6 Å². The summed E-state index contributed by atoms with van der Waals surface area (Å²) < 4.78 is 33.1. The summed E-state index contributed by atoms with van der Waals surface area (Å²) in [4.78, 5) is 13.6. The van der Waals surface area contributed by atoms with E-state index in [9.17, 15) is 13.2 Å². The summed E-state index contributed by atoms with van der Waals surface area (Å²) in [5.74, 6) is 0.415. The van der Waals surface area contributed by atoms with Crippen molar-refractivity contribution in [1.29, 1.82) is 0 Å². The molecule has 0 fully saturated rings. The first-order chi connectivity index (χ1) is 15.5. The lowest BCUT2D eigenvalue weighted by molar-refractivity contribution is -0.123. The SMILES string of the molecule is CC[C@@H](C(=O)N[C@H]1CC(CC)(CC)Oc2ccccc21)N(c1ccc(C)c(Cl)c1)S(C)(=O)=O. The molecule has 0 radical (unpaired) electrons. The smallest absolute Gasteiger partial charge is 0.244 e. The van der Waals surface area contributed by atoms with Crippen LogP contribution in [0.3, 0.4) is 0 Å². The first-order valence-corrected chi connectivity index (χ1v) is 13.6. The quantitative estimate of drug-likeness (QED) is 0.536. The van der Waals surface area contributed by atoms with Crippen molar-refractivity contribution < 1.29 is 17.9 Å². The Labute approximate surface area is 202 Å². The number of fused-ring (bicyclic) bond motifs is 1. The third-order valence-corrected chi connectivity index (χ3v) is 8.13. The number of anilines is 1. The number of hydrogen-bond donors (Lipinski definition) is 1. The summed E-state index contributed by atoms with van der Waals surface area (Å²) in [7, 11) is -3.75. The Balaban J connectivity index is 1.97. The molecule has 1 heterocycles. The minimum absolute atomic E-state index is 0.278. The molecule has 0 bridgehead atoms. The zero-order chi connectivity index (χ0) is 24.4. The van der Waals surface area contributed by atoms with Gasteiger partial charge in [-0.15, -0.1) is 0 Å². The molecule has 0 unspecified atom stereocenters. The lowest BCUT2D eigenvalue weighted by Gasteiger charge is -2.42. The van der Waals surface area contributed by atoms with Gasteiger partial charge >= 0.3 is 0 Å². The Bertz CT molecular complexity index is 1120. The highest BCUT2D eigenvalue weighted by atomic mass is 35.5. The molecule has 6 nitrogen and oxygen atoms in total. The molecule has 1 N–H and O–H groups in total. The number of nitrogens with one attached hydrogen (secondary N) is 1. The first-order valence-electron chi connectivity index (χ1n) is 11.4. The van der Waals surface area contributed by atoms with Crippen LogP contribution in [0.5, 0.6) is 5.75 Å². The van der Waals surface area contributed by atoms with Crippen molar-refractivity contribution in [3.63, 3.8) is 0 Å². The number of hydrogen-bond acceptors (Lipinski definition) is 4. The lowest BCUT2D eigenvalue weighted by atomic mass is 9.83. The van der Waals surface area contributed by atoms with Gasteiger partial charge in [-0.3, -0.25) is 9.10 Å². The van der Waals surface area contributed by atoms with Gasteiger partial charge in [0.2, 0.25) is 15.9 Å². The maximum atomic E-state index is 13.6. The van der Waals surface area contributed by atoms with E-state index in [2.05, 4.69) is 19.2 Å². The summed E-state index contributed by atoms with van der Waals surface area (Å²) >= 11 is 6.27. The van der Waals surface area contributed by atoms with Gasteiger partial charge in [0.15, 0.2) is 0 Å². The maximum absolute atomic E-state index is 13.6. The number of carbonyl (C=O) groups is 1. The third kappa shape index (κ3) is 5.30. The fourth-order valence-corrected chi connectivity index (χ4v) is 5.86. The van der Waals surface area contributed by atoms with Gasteiger partial charge in [0.05, 0.1) is 18.0 Å². The molecule has 1 aliphatic rings. The van der Waals surface area contributed by atoms with Crippen molar-refractivity contribution in [2.24, 2.45) is 0 Å². The molecule has 1 amide bonds. The summed E-state index contributed by atoms with van der Waals surface area (Å²) in [5, 5.41) is 3.59. The molecule has 0 saturated carbocycles. The number of ether oxygens (including phenoxy) is 1. The van der Waals surface area contributed by atoms with Crippen LogP contribution in [0.1, 0.15) is 63.6 Å². The minimum Gasteiger partial charge on any atom is -0.487 e. The second-order valence-electron chi connectivity index (χ2n) is 8.71. The van der Waals surface area contributed by atoms with Gasteiger partial charge in [-0.2, -0.15) is 0 Å². The van der Waals surface area contributed by atoms with Gasteiger partial charge in [-0.05, 0) is 49.9 Å². The molecule has 3 rings (SSSR count). The van der Waals surface area contributed by atoms with Gasteiger partial charge in [-0.25, -0.2) is 8.42 Å². The fraction of sp³-hybridized carbons (Fsp3) is 0.480. The summed E-state index contributed by atoms with van der Waals surface area (Å²) in [6.07, 6.45) is 3.65. The van der Waals surface area contributed by atoms with Crippen LogP contribution in [0.2, 0.25) is 5.02 Å². The van der Waals surface area contributed by atoms with E-state index in [1.165, 1.54) is 4.31 Å². The van der Waals surface area contributed by atoms with Crippen molar-refractivity contribution in [1.82, 2.24) is 5.32 Å². The number of benzene rings is 2. The number of amides is 1. The fourth-order valence-electron chi connectivity index (χ4n) is 4.48. The monoisotopic (exact) mass is 492 g/mol. The molecule has 0 aromatic heterocycles. The normalized spacial score (nSPS) is 18.1. The Hall–Kier alpha value is -2.25. The zero-order valence-electron chi connectivity index (χ0n) is 19.9. The van der Waals surface area contributed by atoms with E-state index in [1.807, 2.05) is 31.2 Å². The standard InChI is InChI=1S/C25H33ClN2O4S/c1-6-22(28(33(5,30)31)18-14-13-17(4)20(26)15-18)24(29)27-21-16-25(7-2,8-3)32-23-12-10-9-11-19(21)23/h9-15,21-22H,6-8,16H2,1-5H3,(H,27,29)/t21-,22-/m0/s1. The van der Waals surface area contributed by atoms with Gasteiger partial charge in [0.25, 0.3) is 0 Å². The van der Waals surface area contributed by atoms with Crippen molar-refractivity contribution >= 4 is 33.2 Å². The number of halogens is 1. The average Bonchev–Trinajstić information content (AvgIpc) is 2.78. The third-order valence-electron chi connectivity index (χ3n) is 6.54. The van der Waals surface area contributed by atoms with Crippen LogP contribution in [0.25, 0.3) is 0 Å². The Kier molecular flexibility index (Phi) is 7.64. The predicted molar refractivity (Wildman–Crippen MR) is 133 cm³/mol. The maximum Gasteiger partial charge on any atom is 0.244 e. The highest BCUT2D eigenvalue weighted by Crippen LogP contribution is 2.42. The molecule has 1 aliphatic heterocycles. The topological polar surface area (TPSA) is 75.7 Å². The van der Waals surface area contributed by atoms with Crippen molar-refractivity contribution in [3.8, 4) is 5.75 Å². The van der Waals surface area contributed by atoms with E-state index < -0.39 is 16.1 Å². The van der Waals surface area contributed by atoms with Crippen LogP contribution in [0.4, 0.5) is 5.69 Å². The van der Waals surface area contributed by atoms with Crippen molar-refractivity contribution in [3.05, 3.63) is 58.6 Å². The molecular weight excluding hydrogens is 460 g/mol. The van der Waals surface area contributed by atoms with Gasteiger partial charge in [0, 0.05) is 17.0 Å². The first kappa shape index (κ1) is 25.4. The molecule has 180 valence electrons. The van der Waals surface area contributed by atoms with Gasteiger partial charge in [-0.1, -0.05) is 56.6 Å². The van der Waals surface area contributed by atoms with Gasteiger partial charge in [0.1, 0.15) is 17.4 Å². The van der Waals surface area contributed by atoms with Crippen LogP contribution in [0.15, 0.2) is 42.5 Å². The number of rotatable bonds is 8. The lowest BCUT2D eigenvalue weighted by Crippen LogP contribution is -2.52. The number of sulfonamides is 1. The van der Waals surface area contributed by atoms with Crippen LogP contribution >= 0.6 is 11.6 Å². The average molecular weight is 493 g/mol. The summed E-state index contributed by atoms with van der Waals surface area (Å²) in [5.41, 5.74) is 1.73. The molecule has 33 heavy (non-hydrogen) atoms. The predicted octanol–water partition coefficient (Wildman–Crippen LogP) is 5.39. The van der Waals surface area contributed by atoms with Crippen LogP contribution < -0.4 is 14.4 Å². The van der Waals surface area contributed by atoms with Crippen molar-refractivity contribution in [2.45, 2.75) is 71.1 Å². The molecule has 0 aliphatic carbocycles. The highest BCUT2D eigenvalue weighted by Gasteiger charge is 2.40. The van der Waals surface area contributed by atoms with E-state index in [1.54, 1.807) is 25.1 Å². The highest BCUT2D eigenvalue weighted by molar-refractivity contribution is 7.92. The largest absolute Gasteiger partial charge is 0.487 e. The van der Waals surface area contributed by atoms with Gasteiger partial charge < -0.3 is 10.1 Å². The minimum atomic E-state index is -3.75. The molecule has 0 spiro atoms. The second-order valence-corrected chi connectivity index (χ2v) is 11.0. The number of carbonyl (C=O) groups excluding carboxylic acids is 1. The molecule has 8 heteroatoms. The number of aryl methyl sites for hydroxylation is 1. The summed E-state index contributed by atoms with van der Waals surface area (Å²) in [6, 6.07) is 11.5. The zero-order valence-corrected chi connectivity index (χ0v) is 21.5. The number of para-hydroxylation sites is 1. The molecular formula is C25H33ClN2O4S. The number of nitrogens with zero attached hydrogens (tertiary/aromatic N) is 1.